The van der Waals surface area contributed by atoms with E-state index in [2.05, 4.69) is 31.6 Å². The van der Waals surface area contributed by atoms with Crippen molar-refractivity contribution >= 4 is 17.4 Å². The normalized spacial score (nSPS) is 16.0. The Balaban J connectivity index is 1.37. The highest BCUT2D eigenvalue weighted by molar-refractivity contribution is 5.79. The van der Waals surface area contributed by atoms with Gasteiger partial charge in [-0.3, -0.25) is 4.79 Å². The first-order valence-corrected chi connectivity index (χ1v) is 9.92. The lowest BCUT2D eigenvalue weighted by atomic mass is 9.95. The van der Waals surface area contributed by atoms with Gasteiger partial charge in [0, 0.05) is 24.6 Å². The Kier molecular flexibility index (Phi) is 5.33. The van der Waals surface area contributed by atoms with E-state index in [1.807, 2.05) is 38.1 Å². The minimum Gasteiger partial charge on any atom is -0.496 e. The Labute approximate surface area is 169 Å². The van der Waals surface area contributed by atoms with E-state index in [4.69, 9.17) is 4.74 Å². The second-order valence-electron chi connectivity index (χ2n) is 7.56. The van der Waals surface area contributed by atoms with Gasteiger partial charge in [0.05, 0.1) is 13.2 Å². The number of methoxy groups -OCH3 is 1. The topological polar surface area (TPSA) is 84.6 Å². The molecule has 1 amide bonds. The van der Waals surface area contributed by atoms with Gasteiger partial charge in [-0.25, -0.2) is 0 Å². The van der Waals surface area contributed by atoms with Crippen molar-refractivity contribution in [2.45, 2.75) is 32.7 Å². The van der Waals surface area contributed by atoms with Gasteiger partial charge >= 0.3 is 0 Å². The van der Waals surface area contributed by atoms with Crippen molar-refractivity contribution < 1.29 is 9.53 Å². The molecule has 0 saturated carbocycles. The highest BCUT2D eigenvalue weighted by atomic mass is 16.5. The second kappa shape index (κ2) is 8.06. The number of aryl methyl sites for hydroxylation is 1. The summed E-state index contributed by atoms with van der Waals surface area (Å²) < 4.78 is 7.13. The molecule has 29 heavy (non-hydrogen) atoms. The number of benzene rings is 1. The van der Waals surface area contributed by atoms with E-state index in [1.54, 1.807) is 18.0 Å². The first-order chi connectivity index (χ1) is 14.0. The van der Waals surface area contributed by atoms with Gasteiger partial charge in [-0.1, -0.05) is 17.7 Å². The van der Waals surface area contributed by atoms with Gasteiger partial charge in [-0.05, 0) is 44.9 Å². The molecule has 0 radical (unpaired) electrons. The lowest BCUT2D eigenvalue weighted by Gasteiger charge is -2.32. The molecule has 4 rings (SSSR count). The van der Waals surface area contributed by atoms with Crippen molar-refractivity contribution in [1.29, 1.82) is 0 Å². The molecular weight excluding hydrogens is 368 g/mol. The van der Waals surface area contributed by atoms with Crippen LogP contribution in [0.2, 0.25) is 0 Å². The summed E-state index contributed by atoms with van der Waals surface area (Å²) in [6.07, 6.45) is 3.19. The second-order valence-corrected chi connectivity index (χ2v) is 7.56. The Hall–Kier alpha value is -3.16. The van der Waals surface area contributed by atoms with Gasteiger partial charge in [0.15, 0.2) is 5.65 Å². The van der Waals surface area contributed by atoms with E-state index in [9.17, 15) is 4.79 Å². The van der Waals surface area contributed by atoms with Crippen LogP contribution in [0.4, 0.5) is 5.82 Å². The molecule has 1 saturated heterocycles. The summed E-state index contributed by atoms with van der Waals surface area (Å²) in [5.74, 6) is 1.79. The van der Waals surface area contributed by atoms with Crippen molar-refractivity contribution in [3.63, 3.8) is 0 Å². The lowest BCUT2D eigenvalue weighted by molar-refractivity contribution is -0.126. The third-order valence-corrected chi connectivity index (χ3v) is 5.55. The van der Waals surface area contributed by atoms with Gasteiger partial charge in [0.2, 0.25) is 5.91 Å². The van der Waals surface area contributed by atoms with Gasteiger partial charge < -0.3 is 15.0 Å². The molecule has 1 fully saturated rings. The summed E-state index contributed by atoms with van der Waals surface area (Å²) in [6, 6.07) is 9.79. The highest BCUT2D eigenvalue weighted by Crippen LogP contribution is 2.27. The standard InChI is InChI=1S/C21H26N6O2/c1-14-4-5-18(29-3)17(12-14)15(2)23-21(28)16-8-10-26(11-9-16)20-7-6-19-24-22-13-27(19)25-20/h4-7,12-13,15-16H,8-11H2,1-3H3,(H,23,28). The van der Waals surface area contributed by atoms with Crippen molar-refractivity contribution in [1.82, 2.24) is 25.1 Å². The Morgan fingerprint density at radius 2 is 2.03 bits per heavy atom. The number of amides is 1. The molecule has 0 aliphatic carbocycles. The summed E-state index contributed by atoms with van der Waals surface area (Å²) in [4.78, 5) is 15.0. The predicted molar refractivity (Wildman–Crippen MR) is 110 cm³/mol. The maximum absolute atomic E-state index is 12.8. The van der Waals surface area contributed by atoms with Crippen molar-refractivity contribution in [2.75, 3.05) is 25.1 Å². The number of carbonyl (C=O) groups excluding carboxylic acids is 1. The number of piperidine rings is 1. The van der Waals surface area contributed by atoms with Crippen LogP contribution in [-0.4, -0.2) is 45.9 Å². The highest BCUT2D eigenvalue weighted by Gasteiger charge is 2.27. The number of rotatable bonds is 5. The van der Waals surface area contributed by atoms with Gasteiger partial charge in [0.25, 0.3) is 0 Å². The molecule has 1 aromatic carbocycles. The maximum Gasteiger partial charge on any atom is 0.223 e. The molecule has 0 spiro atoms. The molecule has 0 bridgehead atoms. The Bertz CT molecular complexity index is 1010. The van der Waals surface area contributed by atoms with Gasteiger partial charge in [-0.2, -0.15) is 4.52 Å². The number of carbonyl (C=O) groups is 1. The SMILES string of the molecule is COc1ccc(C)cc1C(C)NC(=O)C1CCN(c2ccc3nncn3n2)CC1. The molecule has 3 heterocycles. The van der Waals surface area contributed by atoms with Crippen LogP contribution in [0.3, 0.4) is 0 Å². The molecule has 8 nitrogen and oxygen atoms in total. The van der Waals surface area contributed by atoms with Gasteiger partial charge in [-0.15, -0.1) is 15.3 Å². The summed E-state index contributed by atoms with van der Waals surface area (Å²) in [5.41, 5.74) is 2.88. The van der Waals surface area contributed by atoms with Crippen LogP contribution in [0.25, 0.3) is 5.65 Å². The first-order valence-electron chi connectivity index (χ1n) is 9.92. The van der Waals surface area contributed by atoms with E-state index in [0.29, 0.717) is 0 Å². The number of hydrogen-bond donors (Lipinski definition) is 1. The van der Waals surface area contributed by atoms with E-state index >= 15 is 0 Å². The van der Waals surface area contributed by atoms with E-state index < -0.39 is 0 Å². The number of hydrogen-bond acceptors (Lipinski definition) is 6. The third-order valence-electron chi connectivity index (χ3n) is 5.55. The van der Waals surface area contributed by atoms with E-state index in [0.717, 1.165) is 54.3 Å². The molecule has 1 atom stereocenters. The molecule has 1 unspecified atom stereocenters. The summed E-state index contributed by atoms with van der Waals surface area (Å²) in [5, 5.41) is 15.6. The first kappa shape index (κ1) is 19.2. The molecule has 3 aromatic rings. The number of ether oxygens (including phenoxy) is 1. The number of nitrogens with zero attached hydrogens (tertiary/aromatic N) is 5. The monoisotopic (exact) mass is 394 g/mol. The molecule has 1 N–H and O–H groups in total. The zero-order chi connectivity index (χ0) is 20.4. The smallest absolute Gasteiger partial charge is 0.223 e. The molecule has 8 heteroatoms. The number of nitrogens with one attached hydrogen (secondary N) is 1. The minimum atomic E-state index is -0.104. The summed E-state index contributed by atoms with van der Waals surface area (Å²) in [7, 11) is 1.66. The van der Waals surface area contributed by atoms with Crippen LogP contribution in [0.5, 0.6) is 5.75 Å². The Morgan fingerprint density at radius 3 is 2.79 bits per heavy atom. The molecule has 1 aliphatic rings. The van der Waals surface area contributed by atoms with E-state index in [1.165, 1.54) is 0 Å². The quantitative estimate of drug-likeness (QED) is 0.716. The van der Waals surface area contributed by atoms with Crippen molar-refractivity contribution in [3.05, 3.63) is 47.8 Å². The van der Waals surface area contributed by atoms with Crippen LogP contribution in [0.1, 0.15) is 36.9 Å². The zero-order valence-electron chi connectivity index (χ0n) is 17.0. The van der Waals surface area contributed by atoms with E-state index in [-0.39, 0.29) is 17.9 Å². The van der Waals surface area contributed by atoms with Crippen molar-refractivity contribution in [2.24, 2.45) is 5.92 Å². The fourth-order valence-electron chi connectivity index (χ4n) is 3.86. The number of fused-ring (bicyclic) bond motifs is 1. The largest absolute Gasteiger partial charge is 0.496 e. The molecule has 152 valence electrons. The minimum absolute atomic E-state index is 0.00291. The van der Waals surface area contributed by atoms with Crippen LogP contribution in [0.15, 0.2) is 36.7 Å². The average Bonchev–Trinajstić information content (AvgIpc) is 3.21. The van der Waals surface area contributed by atoms with Crippen LogP contribution in [-0.2, 0) is 4.79 Å². The maximum atomic E-state index is 12.8. The predicted octanol–water partition coefficient (Wildman–Crippen LogP) is 2.54. The van der Waals surface area contributed by atoms with Crippen LogP contribution >= 0.6 is 0 Å². The Morgan fingerprint density at radius 1 is 1.24 bits per heavy atom. The van der Waals surface area contributed by atoms with Crippen LogP contribution in [0, 0.1) is 12.8 Å². The van der Waals surface area contributed by atoms with Gasteiger partial charge in [0.1, 0.15) is 17.9 Å². The zero-order valence-corrected chi connectivity index (χ0v) is 17.0. The third kappa shape index (κ3) is 4.01. The molecular formula is C21H26N6O2. The fourth-order valence-corrected chi connectivity index (χ4v) is 3.86. The lowest BCUT2D eigenvalue weighted by Crippen LogP contribution is -2.41. The molecule has 2 aromatic heterocycles. The van der Waals surface area contributed by atoms with Crippen molar-refractivity contribution in [3.8, 4) is 5.75 Å². The summed E-state index contributed by atoms with van der Waals surface area (Å²) >= 11 is 0. The average molecular weight is 394 g/mol. The molecule has 1 aliphatic heterocycles. The number of aromatic nitrogens is 4. The fraction of sp³-hybridized carbons (Fsp3) is 0.429. The summed E-state index contributed by atoms with van der Waals surface area (Å²) in [6.45, 7) is 5.63. The van der Waals surface area contributed by atoms with Crippen LogP contribution < -0.4 is 15.0 Å². The number of anilines is 1.